The molecule has 0 saturated heterocycles. The molecule has 2 N–H and O–H groups in total. The lowest BCUT2D eigenvalue weighted by molar-refractivity contribution is -0.127. The van der Waals surface area contributed by atoms with Gasteiger partial charge < -0.3 is 15.1 Å². The van der Waals surface area contributed by atoms with Gasteiger partial charge in [0.1, 0.15) is 11.9 Å². The molecule has 2 heterocycles. The predicted octanol–water partition coefficient (Wildman–Crippen LogP) is 4.52. The highest BCUT2D eigenvalue weighted by Gasteiger charge is 2.29. The zero-order valence-electron chi connectivity index (χ0n) is 17.7. The maximum absolute atomic E-state index is 13.8. The molecule has 0 spiro atoms. The van der Waals surface area contributed by atoms with Gasteiger partial charge >= 0.3 is 6.18 Å². The van der Waals surface area contributed by atoms with Crippen molar-refractivity contribution in [2.75, 3.05) is 5.32 Å². The van der Waals surface area contributed by atoms with Crippen LogP contribution in [0, 0.1) is 5.82 Å². The van der Waals surface area contributed by atoms with Crippen LogP contribution >= 0.6 is 11.3 Å². The monoisotopic (exact) mass is 479 g/mol. The number of rotatable bonds is 8. The van der Waals surface area contributed by atoms with Crippen LogP contribution < -0.4 is 10.6 Å². The largest absolute Gasteiger partial charge is 0.402 e. The molecule has 173 valence electrons. The molecule has 1 unspecified atom stereocenters. The Labute approximate surface area is 192 Å². The average Bonchev–Trinajstić information content (AvgIpc) is 3.42. The standard InChI is InChI=1S/C21H20BF4N4O2S/c1-3-16(27-18(31)13-6-7-30(10-13)22-2)19(32)29-20-28-17(11-33-20)12-4-5-15(23)14(8-12)9-21(24,25)26/h4-8,10-11,16H,3,9H2,1-2H3,(H,27,31)(H,28,29,32). The maximum atomic E-state index is 13.8. The zero-order valence-corrected chi connectivity index (χ0v) is 18.6. The van der Waals surface area contributed by atoms with Crippen molar-refractivity contribution in [2.24, 2.45) is 0 Å². The van der Waals surface area contributed by atoms with E-state index < -0.39 is 41.8 Å². The van der Waals surface area contributed by atoms with E-state index in [-0.39, 0.29) is 5.13 Å². The Morgan fingerprint density at radius 3 is 2.67 bits per heavy atom. The molecule has 1 radical (unpaired) electrons. The minimum absolute atomic E-state index is 0.205. The summed E-state index contributed by atoms with van der Waals surface area (Å²) >= 11 is 1.07. The Hall–Kier alpha value is -3.15. The number of thiazole rings is 1. The third kappa shape index (κ3) is 6.44. The van der Waals surface area contributed by atoms with Crippen LogP contribution in [0.4, 0.5) is 22.7 Å². The fourth-order valence-electron chi connectivity index (χ4n) is 3.04. The van der Waals surface area contributed by atoms with Crippen LogP contribution in [0.3, 0.4) is 0 Å². The van der Waals surface area contributed by atoms with Crippen molar-refractivity contribution in [1.29, 1.82) is 0 Å². The van der Waals surface area contributed by atoms with Crippen molar-refractivity contribution in [3.63, 3.8) is 0 Å². The lowest BCUT2D eigenvalue weighted by atomic mass is 10.0. The topological polar surface area (TPSA) is 76.0 Å². The predicted molar refractivity (Wildman–Crippen MR) is 119 cm³/mol. The van der Waals surface area contributed by atoms with Gasteiger partial charge in [-0.1, -0.05) is 13.7 Å². The molecule has 0 saturated carbocycles. The Bertz CT molecular complexity index is 1150. The highest BCUT2D eigenvalue weighted by Crippen LogP contribution is 2.29. The maximum Gasteiger partial charge on any atom is 0.393 e. The summed E-state index contributed by atoms with van der Waals surface area (Å²) in [4.78, 5) is 29.3. The number of halogens is 4. The van der Waals surface area contributed by atoms with E-state index in [4.69, 9.17) is 0 Å². The van der Waals surface area contributed by atoms with Gasteiger partial charge in [-0.2, -0.15) is 13.2 Å². The average molecular weight is 479 g/mol. The molecule has 1 aromatic carbocycles. The smallest absolute Gasteiger partial charge is 0.393 e. The van der Waals surface area contributed by atoms with E-state index in [1.165, 1.54) is 6.07 Å². The number of alkyl halides is 3. The molecular weight excluding hydrogens is 459 g/mol. The molecule has 12 heteroatoms. The first kappa shape index (κ1) is 24.5. The molecule has 6 nitrogen and oxygen atoms in total. The third-order valence-electron chi connectivity index (χ3n) is 4.77. The van der Waals surface area contributed by atoms with Gasteiger partial charge in [0, 0.05) is 17.1 Å². The van der Waals surface area contributed by atoms with Gasteiger partial charge in [0.15, 0.2) is 5.13 Å². The molecule has 3 rings (SSSR count). The lowest BCUT2D eigenvalue weighted by Gasteiger charge is -2.15. The van der Waals surface area contributed by atoms with Crippen molar-refractivity contribution in [3.05, 3.63) is 59.0 Å². The zero-order chi connectivity index (χ0) is 24.2. The van der Waals surface area contributed by atoms with E-state index in [9.17, 15) is 27.2 Å². The number of carbonyl (C=O) groups excluding carboxylic acids is 2. The fraction of sp³-hybridized carbons (Fsp3) is 0.286. The van der Waals surface area contributed by atoms with Crippen molar-refractivity contribution >= 4 is 35.7 Å². The number of amides is 2. The Balaban J connectivity index is 1.68. The number of nitrogens with one attached hydrogen (secondary N) is 2. The molecule has 1 atom stereocenters. The first-order chi connectivity index (χ1) is 15.6. The van der Waals surface area contributed by atoms with Gasteiger partial charge in [0.25, 0.3) is 5.91 Å². The molecule has 0 aliphatic carbocycles. The number of nitrogens with zero attached hydrogens (tertiary/aromatic N) is 2. The van der Waals surface area contributed by atoms with Gasteiger partial charge in [-0.15, -0.1) is 11.3 Å². The Morgan fingerprint density at radius 2 is 2.03 bits per heavy atom. The molecule has 2 aromatic heterocycles. The second-order valence-corrected chi connectivity index (χ2v) is 8.02. The second kappa shape index (κ2) is 10.2. The van der Waals surface area contributed by atoms with Crippen LogP contribution in [-0.4, -0.2) is 40.9 Å². The highest BCUT2D eigenvalue weighted by molar-refractivity contribution is 7.14. The van der Waals surface area contributed by atoms with E-state index in [1.807, 2.05) is 6.82 Å². The fourth-order valence-corrected chi connectivity index (χ4v) is 3.77. The molecule has 0 fully saturated rings. The molecule has 2 amide bonds. The SMILES string of the molecule is C[B]n1ccc(C(=O)NC(CC)C(=O)Nc2nc(-c3ccc(F)c(CC(F)(F)F)c3)cs2)c1. The number of hydrogen-bond donors (Lipinski definition) is 2. The summed E-state index contributed by atoms with van der Waals surface area (Å²) in [5.74, 6) is -1.83. The van der Waals surface area contributed by atoms with Gasteiger partial charge in [-0.05, 0) is 42.4 Å². The van der Waals surface area contributed by atoms with Crippen LogP contribution in [0.1, 0.15) is 29.3 Å². The quantitative estimate of drug-likeness (QED) is 0.369. The first-order valence-electron chi connectivity index (χ1n) is 9.99. The minimum Gasteiger partial charge on any atom is -0.402 e. The number of anilines is 1. The van der Waals surface area contributed by atoms with E-state index in [0.717, 1.165) is 23.5 Å². The van der Waals surface area contributed by atoms with Crippen LogP contribution in [0.5, 0.6) is 0 Å². The van der Waals surface area contributed by atoms with E-state index in [1.54, 1.807) is 42.7 Å². The van der Waals surface area contributed by atoms with E-state index >= 15 is 0 Å². The van der Waals surface area contributed by atoms with Crippen LogP contribution in [0.25, 0.3) is 11.3 Å². The van der Waals surface area contributed by atoms with E-state index in [2.05, 4.69) is 15.6 Å². The van der Waals surface area contributed by atoms with Crippen molar-refractivity contribution in [1.82, 2.24) is 14.8 Å². The molecule has 0 bridgehead atoms. The Kier molecular flexibility index (Phi) is 7.57. The summed E-state index contributed by atoms with van der Waals surface area (Å²) < 4.78 is 53.5. The molecule has 33 heavy (non-hydrogen) atoms. The van der Waals surface area contributed by atoms with Gasteiger partial charge in [0.2, 0.25) is 13.3 Å². The van der Waals surface area contributed by atoms with Crippen molar-refractivity contribution in [2.45, 2.75) is 38.8 Å². The van der Waals surface area contributed by atoms with Crippen LogP contribution in [-0.2, 0) is 11.2 Å². The van der Waals surface area contributed by atoms with Gasteiger partial charge in [-0.25, -0.2) is 9.37 Å². The number of carbonyl (C=O) groups is 2. The number of aromatic nitrogens is 2. The van der Waals surface area contributed by atoms with Crippen LogP contribution in [0.15, 0.2) is 42.0 Å². The normalized spacial score (nSPS) is 12.3. The second-order valence-electron chi connectivity index (χ2n) is 7.17. The lowest BCUT2D eigenvalue weighted by Crippen LogP contribution is -2.43. The number of hydrogen-bond acceptors (Lipinski definition) is 4. The molecular formula is C21H20BF4N4O2S. The van der Waals surface area contributed by atoms with Gasteiger partial charge in [-0.3, -0.25) is 9.59 Å². The van der Waals surface area contributed by atoms with Gasteiger partial charge in [0.05, 0.1) is 17.7 Å². The summed E-state index contributed by atoms with van der Waals surface area (Å²) in [5.41, 5.74) is 0.515. The van der Waals surface area contributed by atoms with E-state index in [0.29, 0.717) is 23.2 Å². The molecule has 0 aliphatic heterocycles. The van der Waals surface area contributed by atoms with Crippen LogP contribution in [0.2, 0.25) is 6.82 Å². The number of benzene rings is 1. The first-order valence-corrected chi connectivity index (χ1v) is 10.9. The Morgan fingerprint density at radius 1 is 1.27 bits per heavy atom. The molecule has 0 aliphatic rings. The summed E-state index contributed by atoms with van der Waals surface area (Å²) in [6.07, 6.45) is -2.27. The summed E-state index contributed by atoms with van der Waals surface area (Å²) in [6.45, 7) is 3.55. The molecule has 3 aromatic rings. The summed E-state index contributed by atoms with van der Waals surface area (Å²) in [7, 11) is 1.77. The van der Waals surface area contributed by atoms with Crippen molar-refractivity contribution < 1.29 is 27.2 Å². The minimum atomic E-state index is -4.54. The van der Waals surface area contributed by atoms with Crippen molar-refractivity contribution in [3.8, 4) is 11.3 Å². The third-order valence-corrected chi connectivity index (χ3v) is 5.53. The summed E-state index contributed by atoms with van der Waals surface area (Å²) in [6, 6.07) is 4.19. The summed E-state index contributed by atoms with van der Waals surface area (Å²) in [5, 5.41) is 7.02. The highest BCUT2D eigenvalue weighted by atomic mass is 32.1.